The summed E-state index contributed by atoms with van der Waals surface area (Å²) in [4.78, 5) is 12.3. The van der Waals surface area contributed by atoms with Crippen LogP contribution in [0.3, 0.4) is 0 Å². The van der Waals surface area contributed by atoms with Crippen molar-refractivity contribution in [1.82, 2.24) is 5.32 Å². The van der Waals surface area contributed by atoms with E-state index in [4.69, 9.17) is 10.5 Å². The van der Waals surface area contributed by atoms with Gasteiger partial charge in [0.05, 0.1) is 17.0 Å². The van der Waals surface area contributed by atoms with E-state index in [1.807, 2.05) is 13.8 Å². The highest BCUT2D eigenvalue weighted by Crippen LogP contribution is 2.16. The normalized spacial score (nSPS) is 11.5. The summed E-state index contributed by atoms with van der Waals surface area (Å²) in [6.07, 6.45) is 3.70. The second kappa shape index (κ2) is 10.6. The van der Waals surface area contributed by atoms with Crippen LogP contribution in [0.15, 0.2) is 29.2 Å². The Balaban J connectivity index is 0.00000576. The molecule has 0 aromatic heterocycles. The van der Waals surface area contributed by atoms with Gasteiger partial charge in [-0.15, -0.1) is 12.4 Å². The lowest BCUT2D eigenvalue weighted by Gasteiger charge is -2.31. The van der Waals surface area contributed by atoms with Gasteiger partial charge in [-0.2, -0.15) is 0 Å². The maximum absolute atomic E-state index is 12.0. The van der Waals surface area contributed by atoms with E-state index in [-0.39, 0.29) is 28.7 Å². The molecule has 25 heavy (non-hydrogen) atoms. The van der Waals surface area contributed by atoms with Crippen molar-refractivity contribution in [1.29, 1.82) is 0 Å². The van der Waals surface area contributed by atoms with Crippen LogP contribution in [0.4, 0.5) is 0 Å². The Bertz CT molecular complexity index is 620. The van der Waals surface area contributed by atoms with Gasteiger partial charge in [-0.25, -0.2) is 8.42 Å². The molecule has 6 nitrogen and oxygen atoms in total. The molecule has 0 bridgehead atoms. The molecule has 0 unspecified atom stereocenters. The van der Waals surface area contributed by atoms with Crippen molar-refractivity contribution < 1.29 is 17.9 Å². The molecule has 8 heteroatoms. The fraction of sp³-hybridized carbons (Fsp3) is 0.588. The van der Waals surface area contributed by atoms with Crippen LogP contribution >= 0.6 is 12.4 Å². The van der Waals surface area contributed by atoms with E-state index < -0.39 is 9.84 Å². The summed E-state index contributed by atoms with van der Waals surface area (Å²) in [7, 11) is -3.20. The molecule has 0 saturated heterocycles. The van der Waals surface area contributed by atoms with Crippen molar-refractivity contribution in [2.24, 2.45) is 5.73 Å². The van der Waals surface area contributed by atoms with E-state index in [2.05, 4.69) is 5.32 Å². The van der Waals surface area contributed by atoms with E-state index >= 15 is 0 Å². The van der Waals surface area contributed by atoms with E-state index in [0.29, 0.717) is 31.7 Å². The monoisotopic (exact) mass is 392 g/mol. The Kier molecular flexibility index (Phi) is 10.1. The highest BCUT2D eigenvalue weighted by Gasteiger charge is 2.25. The standard InChI is InChI=1S/C17H28N2O4S.ClH/c1-4-17(5-2,13-18)19-16(20)7-6-12-23-14-8-10-15(11-9-14)24(3,21)22;/h8-11H,4-7,12-13,18H2,1-3H3,(H,19,20);1H. The highest BCUT2D eigenvalue weighted by atomic mass is 35.5. The lowest BCUT2D eigenvalue weighted by Crippen LogP contribution is -2.52. The number of hydrogen-bond donors (Lipinski definition) is 2. The Morgan fingerprint density at radius 1 is 1.20 bits per heavy atom. The fourth-order valence-electron chi connectivity index (χ4n) is 2.33. The average Bonchev–Trinajstić information content (AvgIpc) is 2.56. The molecule has 0 spiro atoms. The first-order valence-electron chi connectivity index (χ1n) is 8.20. The van der Waals surface area contributed by atoms with Crippen molar-refractivity contribution >= 4 is 28.2 Å². The molecule has 0 fully saturated rings. The minimum absolute atomic E-state index is 0. The Morgan fingerprint density at radius 2 is 1.76 bits per heavy atom. The third kappa shape index (κ3) is 7.63. The smallest absolute Gasteiger partial charge is 0.220 e. The van der Waals surface area contributed by atoms with Crippen LogP contribution < -0.4 is 15.8 Å². The number of carbonyl (C=O) groups excluding carboxylic acids is 1. The van der Waals surface area contributed by atoms with Crippen molar-refractivity contribution in [3.63, 3.8) is 0 Å². The van der Waals surface area contributed by atoms with Gasteiger partial charge >= 0.3 is 0 Å². The number of ether oxygens (including phenoxy) is 1. The SMILES string of the molecule is CCC(CC)(CN)NC(=O)CCCOc1ccc(S(C)(=O)=O)cc1.Cl. The van der Waals surface area contributed by atoms with Crippen molar-refractivity contribution in [2.45, 2.75) is 50.0 Å². The molecule has 1 aromatic carbocycles. The molecule has 1 aromatic rings. The summed E-state index contributed by atoms with van der Waals surface area (Å²) >= 11 is 0. The largest absolute Gasteiger partial charge is 0.494 e. The number of nitrogens with two attached hydrogens (primary N) is 1. The van der Waals surface area contributed by atoms with Crippen LogP contribution in [0.2, 0.25) is 0 Å². The quantitative estimate of drug-likeness (QED) is 0.595. The van der Waals surface area contributed by atoms with Crippen LogP contribution in [0.1, 0.15) is 39.5 Å². The lowest BCUT2D eigenvalue weighted by molar-refractivity contribution is -0.123. The van der Waals surface area contributed by atoms with Gasteiger partial charge in [0.2, 0.25) is 5.91 Å². The third-order valence-electron chi connectivity index (χ3n) is 4.22. The van der Waals surface area contributed by atoms with E-state index in [1.54, 1.807) is 12.1 Å². The van der Waals surface area contributed by atoms with Crippen LogP contribution in [0.25, 0.3) is 0 Å². The maximum Gasteiger partial charge on any atom is 0.220 e. The zero-order chi connectivity index (χ0) is 18.2. The second-order valence-electron chi connectivity index (χ2n) is 5.94. The van der Waals surface area contributed by atoms with E-state index in [0.717, 1.165) is 19.1 Å². The molecule has 0 saturated carbocycles. The molecule has 3 N–H and O–H groups in total. The molecule has 1 amide bonds. The Hall–Kier alpha value is -1.31. The summed E-state index contributed by atoms with van der Waals surface area (Å²) in [5.74, 6) is 0.557. The fourth-order valence-corrected chi connectivity index (χ4v) is 2.96. The Labute approximate surface area is 156 Å². The van der Waals surface area contributed by atoms with Gasteiger partial charge in [-0.3, -0.25) is 4.79 Å². The molecule has 0 aliphatic carbocycles. The molecule has 0 aliphatic rings. The van der Waals surface area contributed by atoms with Gasteiger partial charge in [0.25, 0.3) is 0 Å². The molecule has 0 radical (unpaired) electrons. The van der Waals surface area contributed by atoms with Crippen LogP contribution in [-0.2, 0) is 14.6 Å². The number of nitrogens with one attached hydrogen (secondary N) is 1. The van der Waals surface area contributed by atoms with Crippen molar-refractivity contribution in [2.75, 3.05) is 19.4 Å². The number of hydrogen-bond acceptors (Lipinski definition) is 5. The van der Waals surface area contributed by atoms with Crippen LogP contribution in [0, 0.1) is 0 Å². The molecule has 144 valence electrons. The topological polar surface area (TPSA) is 98.5 Å². The predicted octanol–water partition coefficient (Wildman–Crippen LogP) is 2.30. The summed E-state index contributed by atoms with van der Waals surface area (Å²) < 4.78 is 28.3. The van der Waals surface area contributed by atoms with E-state index in [1.165, 1.54) is 12.1 Å². The summed E-state index contributed by atoms with van der Waals surface area (Å²) in [6, 6.07) is 6.25. The summed E-state index contributed by atoms with van der Waals surface area (Å²) in [6.45, 7) is 4.84. The Morgan fingerprint density at radius 3 is 2.20 bits per heavy atom. The van der Waals surface area contributed by atoms with Crippen molar-refractivity contribution in [3.8, 4) is 5.75 Å². The first-order chi connectivity index (χ1) is 11.3. The number of amides is 1. The average molecular weight is 393 g/mol. The number of benzene rings is 1. The van der Waals surface area contributed by atoms with Gasteiger partial charge in [0, 0.05) is 19.2 Å². The number of rotatable bonds is 10. The molecule has 0 atom stereocenters. The minimum atomic E-state index is -3.20. The molecular weight excluding hydrogens is 364 g/mol. The van der Waals surface area contributed by atoms with Gasteiger partial charge in [-0.05, 0) is 43.5 Å². The van der Waals surface area contributed by atoms with Gasteiger partial charge in [0.1, 0.15) is 5.75 Å². The minimum Gasteiger partial charge on any atom is -0.494 e. The first kappa shape index (κ1) is 23.7. The molecule has 0 heterocycles. The second-order valence-corrected chi connectivity index (χ2v) is 7.95. The van der Waals surface area contributed by atoms with Crippen LogP contribution in [0.5, 0.6) is 5.75 Å². The number of sulfone groups is 1. The molecular formula is C17H29ClN2O4S. The van der Waals surface area contributed by atoms with Gasteiger partial charge < -0.3 is 15.8 Å². The lowest BCUT2D eigenvalue weighted by atomic mass is 9.92. The van der Waals surface area contributed by atoms with Crippen molar-refractivity contribution in [3.05, 3.63) is 24.3 Å². The van der Waals surface area contributed by atoms with E-state index in [9.17, 15) is 13.2 Å². The molecule has 1 rings (SSSR count). The maximum atomic E-state index is 12.0. The first-order valence-corrected chi connectivity index (χ1v) is 10.1. The summed E-state index contributed by atoms with van der Waals surface area (Å²) in [5, 5.41) is 3.02. The number of halogens is 1. The van der Waals surface area contributed by atoms with Gasteiger partial charge in [-0.1, -0.05) is 13.8 Å². The zero-order valence-electron chi connectivity index (χ0n) is 15.1. The third-order valence-corrected chi connectivity index (χ3v) is 5.35. The number of carbonyl (C=O) groups is 1. The zero-order valence-corrected chi connectivity index (χ0v) is 16.7. The summed E-state index contributed by atoms with van der Waals surface area (Å²) in [5.41, 5.74) is 5.45. The molecule has 0 aliphatic heterocycles. The van der Waals surface area contributed by atoms with Gasteiger partial charge in [0.15, 0.2) is 9.84 Å². The predicted molar refractivity (Wildman–Crippen MR) is 102 cm³/mol. The highest BCUT2D eigenvalue weighted by molar-refractivity contribution is 7.90. The van der Waals surface area contributed by atoms with Crippen LogP contribution in [-0.4, -0.2) is 39.3 Å².